The van der Waals surface area contributed by atoms with Crippen molar-refractivity contribution in [1.82, 2.24) is 15.2 Å². The van der Waals surface area contributed by atoms with Gasteiger partial charge in [-0.25, -0.2) is 4.98 Å². The van der Waals surface area contributed by atoms with E-state index in [0.717, 1.165) is 52.9 Å². The van der Waals surface area contributed by atoms with Crippen molar-refractivity contribution in [3.8, 4) is 0 Å². The van der Waals surface area contributed by atoms with Crippen molar-refractivity contribution in [1.29, 1.82) is 0 Å². The molecular formula is C18H24Cl3N3. The SMILES string of the molecule is Cc1c(Cl)c(CN2CCC3CCC(C2)N3)nc2ccccc12.Cl.Cl. The van der Waals surface area contributed by atoms with Crippen molar-refractivity contribution in [2.75, 3.05) is 13.1 Å². The number of pyridine rings is 1. The number of benzene rings is 1. The van der Waals surface area contributed by atoms with Gasteiger partial charge in [0.15, 0.2) is 0 Å². The summed E-state index contributed by atoms with van der Waals surface area (Å²) < 4.78 is 0. The third-order valence-corrected chi connectivity index (χ3v) is 5.63. The maximum absolute atomic E-state index is 6.61. The molecule has 1 aromatic carbocycles. The van der Waals surface area contributed by atoms with Crippen LogP contribution in [0.4, 0.5) is 0 Å². The summed E-state index contributed by atoms with van der Waals surface area (Å²) in [5.74, 6) is 0. The van der Waals surface area contributed by atoms with Crippen molar-refractivity contribution in [3.63, 3.8) is 0 Å². The number of rotatable bonds is 2. The molecule has 2 atom stereocenters. The Balaban J connectivity index is 0.00000104. The van der Waals surface area contributed by atoms with E-state index in [-0.39, 0.29) is 24.8 Å². The Morgan fingerprint density at radius 2 is 1.92 bits per heavy atom. The molecule has 2 saturated heterocycles. The van der Waals surface area contributed by atoms with Gasteiger partial charge in [-0.15, -0.1) is 24.8 Å². The Morgan fingerprint density at radius 3 is 2.75 bits per heavy atom. The van der Waals surface area contributed by atoms with E-state index < -0.39 is 0 Å². The minimum Gasteiger partial charge on any atom is -0.310 e. The predicted octanol–water partition coefficient (Wildman–Crippen LogP) is 4.37. The van der Waals surface area contributed by atoms with Gasteiger partial charge in [-0.2, -0.15) is 0 Å². The molecule has 2 bridgehead atoms. The maximum atomic E-state index is 6.61. The molecule has 4 rings (SSSR count). The molecule has 2 aliphatic heterocycles. The van der Waals surface area contributed by atoms with Crippen LogP contribution in [0.5, 0.6) is 0 Å². The summed E-state index contributed by atoms with van der Waals surface area (Å²) in [6, 6.07) is 9.63. The minimum absolute atomic E-state index is 0. The monoisotopic (exact) mass is 387 g/mol. The molecule has 0 radical (unpaired) electrons. The highest BCUT2D eigenvalue weighted by atomic mass is 35.5. The fourth-order valence-electron chi connectivity index (χ4n) is 3.89. The Morgan fingerprint density at radius 1 is 1.17 bits per heavy atom. The van der Waals surface area contributed by atoms with Crippen LogP contribution in [0.3, 0.4) is 0 Å². The number of nitrogens with one attached hydrogen (secondary N) is 1. The normalized spacial score (nSPS) is 23.4. The standard InChI is InChI=1S/C18H22ClN3.2ClH/c1-12-15-4-2-3-5-16(15)21-17(18(12)19)11-22-9-8-13-6-7-14(10-22)20-13;;/h2-5,13-14,20H,6-11H2,1H3;2*1H. The van der Waals surface area contributed by atoms with Crippen molar-refractivity contribution < 1.29 is 0 Å². The van der Waals surface area contributed by atoms with Crippen LogP contribution in [-0.2, 0) is 6.54 Å². The van der Waals surface area contributed by atoms with Gasteiger partial charge in [-0.3, -0.25) is 4.90 Å². The van der Waals surface area contributed by atoms with Crippen molar-refractivity contribution >= 4 is 47.3 Å². The molecule has 2 aromatic rings. The summed E-state index contributed by atoms with van der Waals surface area (Å²) in [7, 11) is 0. The lowest BCUT2D eigenvalue weighted by Crippen LogP contribution is -2.35. The largest absolute Gasteiger partial charge is 0.310 e. The number of hydrogen-bond acceptors (Lipinski definition) is 3. The summed E-state index contributed by atoms with van der Waals surface area (Å²) >= 11 is 6.61. The second kappa shape index (κ2) is 8.20. The maximum Gasteiger partial charge on any atom is 0.0740 e. The molecule has 1 N–H and O–H groups in total. The average molecular weight is 389 g/mol. The van der Waals surface area contributed by atoms with E-state index in [4.69, 9.17) is 16.6 Å². The van der Waals surface area contributed by atoms with Gasteiger partial charge in [-0.1, -0.05) is 29.8 Å². The zero-order chi connectivity index (χ0) is 15.1. The van der Waals surface area contributed by atoms with Crippen LogP contribution >= 0.6 is 36.4 Å². The lowest BCUT2D eigenvalue weighted by Gasteiger charge is -2.24. The zero-order valence-electron chi connectivity index (χ0n) is 13.8. The summed E-state index contributed by atoms with van der Waals surface area (Å²) in [6.07, 6.45) is 3.88. The second-order valence-corrected chi connectivity index (χ2v) is 7.05. The van der Waals surface area contributed by atoms with E-state index in [1.165, 1.54) is 19.3 Å². The van der Waals surface area contributed by atoms with Gasteiger partial charge in [0.2, 0.25) is 0 Å². The molecule has 0 amide bonds. The summed E-state index contributed by atoms with van der Waals surface area (Å²) in [5.41, 5.74) is 3.22. The lowest BCUT2D eigenvalue weighted by molar-refractivity contribution is 0.248. The molecule has 6 heteroatoms. The zero-order valence-corrected chi connectivity index (χ0v) is 16.2. The number of likely N-dealkylation sites (tertiary alicyclic amines) is 1. The Bertz CT molecular complexity index is 707. The van der Waals surface area contributed by atoms with Crippen LogP contribution in [0.25, 0.3) is 10.9 Å². The molecule has 0 spiro atoms. The summed E-state index contributed by atoms with van der Waals surface area (Å²) in [5, 5.41) is 5.72. The molecule has 0 saturated carbocycles. The quantitative estimate of drug-likeness (QED) is 0.828. The molecule has 24 heavy (non-hydrogen) atoms. The van der Waals surface area contributed by atoms with E-state index in [1.807, 2.05) is 12.1 Å². The van der Waals surface area contributed by atoms with Gasteiger partial charge in [0, 0.05) is 37.1 Å². The first-order valence-corrected chi connectivity index (χ1v) is 8.60. The average Bonchev–Trinajstić information content (AvgIpc) is 2.87. The summed E-state index contributed by atoms with van der Waals surface area (Å²) in [4.78, 5) is 7.34. The third-order valence-electron chi connectivity index (χ3n) is 5.13. The number of nitrogens with zero attached hydrogens (tertiary/aromatic N) is 2. The second-order valence-electron chi connectivity index (χ2n) is 6.68. The number of para-hydroxylation sites is 1. The van der Waals surface area contributed by atoms with Gasteiger partial charge in [0.1, 0.15) is 0 Å². The fourth-order valence-corrected chi connectivity index (χ4v) is 4.10. The van der Waals surface area contributed by atoms with Crippen LogP contribution in [0, 0.1) is 6.92 Å². The van der Waals surface area contributed by atoms with Crippen molar-refractivity contribution in [3.05, 3.63) is 40.5 Å². The number of hydrogen-bond donors (Lipinski definition) is 1. The summed E-state index contributed by atoms with van der Waals surface area (Å²) in [6.45, 7) is 5.20. The van der Waals surface area contributed by atoms with Gasteiger partial charge < -0.3 is 5.32 Å². The highest BCUT2D eigenvalue weighted by molar-refractivity contribution is 6.32. The van der Waals surface area contributed by atoms with Crippen LogP contribution in [-0.4, -0.2) is 35.1 Å². The van der Waals surface area contributed by atoms with Gasteiger partial charge in [0.05, 0.1) is 16.2 Å². The third kappa shape index (κ3) is 3.81. The Labute approximate surface area is 161 Å². The molecule has 3 heterocycles. The van der Waals surface area contributed by atoms with E-state index in [2.05, 4.69) is 29.3 Å². The van der Waals surface area contributed by atoms with Crippen LogP contribution in [0.2, 0.25) is 5.02 Å². The number of fused-ring (bicyclic) bond motifs is 3. The van der Waals surface area contributed by atoms with Crippen molar-refractivity contribution in [2.24, 2.45) is 0 Å². The first-order chi connectivity index (χ1) is 10.7. The van der Waals surface area contributed by atoms with Crippen LogP contribution in [0.1, 0.15) is 30.5 Å². The number of halogens is 3. The Kier molecular flexibility index (Phi) is 6.74. The Hall–Kier alpha value is -0.580. The van der Waals surface area contributed by atoms with E-state index >= 15 is 0 Å². The van der Waals surface area contributed by atoms with Gasteiger partial charge in [-0.05, 0) is 37.8 Å². The molecule has 2 aliphatic rings. The molecule has 1 aromatic heterocycles. The smallest absolute Gasteiger partial charge is 0.0740 e. The fraction of sp³-hybridized carbons (Fsp3) is 0.500. The highest BCUT2D eigenvalue weighted by Crippen LogP contribution is 2.29. The molecule has 2 unspecified atom stereocenters. The number of aromatic nitrogens is 1. The van der Waals surface area contributed by atoms with E-state index in [1.54, 1.807) is 0 Å². The van der Waals surface area contributed by atoms with E-state index in [9.17, 15) is 0 Å². The number of aryl methyl sites for hydroxylation is 1. The first kappa shape index (κ1) is 19.7. The van der Waals surface area contributed by atoms with Crippen LogP contribution in [0.15, 0.2) is 24.3 Å². The van der Waals surface area contributed by atoms with E-state index in [0.29, 0.717) is 6.04 Å². The molecule has 2 fully saturated rings. The van der Waals surface area contributed by atoms with Crippen molar-refractivity contribution in [2.45, 2.75) is 44.8 Å². The molecule has 3 nitrogen and oxygen atoms in total. The van der Waals surface area contributed by atoms with Gasteiger partial charge in [0.25, 0.3) is 0 Å². The molecule has 0 aliphatic carbocycles. The minimum atomic E-state index is 0. The molecular weight excluding hydrogens is 365 g/mol. The highest BCUT2D eigenvalue weighted by Gasteiger charge is 2.29. The lowest BCUT2D eigenvalue weighted by atomic mass is 10.1. The predicted molar refractivity (Wildman–Crippen MR) is 106 cm³/mol. The topological polar surface area (TPSA) is 28.2 Å². The van der Waals surface area contributed by atoms with Gasteiger partial charge >= 0.3 is 0 Å². The molecule has 132 valence electrons. The van der Waals surface area contributed by atoms with Crippen LogP contribution < -0.4 is 5.32 Å². The first-order valence-electron chi connectivity index (χ1n) is 8.23.